The van der Waals surface area contributed by atoms with E-state index >= 15 is 0 Å². The summed E-state index contributed by atoms with van der Waals surface area (Å²) in [5.41, 5.74) is 3.88. The molecule has 3 aromatic rings. The molecule has 8 heteroatoms. The van der Waals surface area contributed by atoms with Gasteiger partial charge >= 0.3 is 0 Å². The molecule has 0 radical (unpaired) electrons. The first-order chi connectivity index (χ1) is 17.0. The first kappa shape index (κ1) is 23.1. The van der Waals surface area contributed by atoms with E-state index in [0.717, 1.165) is 30.5 Å². The lowest BCUT2D eigenvalue weighted by Crippen LogP contribution is -2.47. The number of nitriles is 1. The van der Waals surface area contributed by atoms with Crippen molar-refractivity contribution in [2.24, 2.45) is 18.1 Å². The highest BCUT2D eigenvalue weighted by atomic mass is 16.6. The molecule has 0 amide bonds. The molecular formula is C27H29N5O3. The topological polar surface area (TPSA) is 104 Å². The predicted octanol–water partition coefficient (Wildman–Crippen LogP) is 3.35. The smallest absolute Gasteiger partial charge is 0.252 e. The highest BCUT2D eigenvalue weighted by molar-refractivity contribution is 6.02. The van der Waals surface area contributed by atoms with Crippen molar-refractivity contribution in [3.05, 3.63) is 70.1 Å². The van der Waals surface area contributed by atoms with Crippen LogP contribution < -0.4 is 10.5 Å². The van der Waals surface area contributed by atoms with Crippen LogP contribution in [-0.2, 0) is 11.9 Å². The number of aromatic nitrogens is 2. The standard InChI is InChI=1S/C27H29N5O3/c1-31(23-15-25(34)32(2)22-13-9-19(16-28)29-27(22)23)21-12-8-18(14-24(21)33)26(30-35-20-10-11-20)17-6-4-3-5-7-17/h3-7,9,13,15,18,20-21,24,33H,8,10-12,14H2,1-2H3/b30-26+/t18-,21+,24?/m0/s1. The van der Waals surface area contributed by atoms with Gasteiger partial charge in [0, 0.05) is 26.1 Å². The van der Waals surface area contributed by atoms with Gasteiger partial charge in [-0.1, -0.05) is 35.5 Å². The van der Waals surface area contributed by atoms with Crippen molar-refractivity contribution in [2.45, 2.75) is 50.4 Å². The van der Waals surface area contributed by atoms with Crippen LogP contribution in [-0.4, -0.2) is 45.7 Å². The minimum Gasteiger partial charge on any atom is -0.392 e. The summed E-state index contributed by atoms with van der Waals surface area (Å²) in [5, 5.41) is 25.1. The number of likely N-dealkylation sites (N-methyl/N-ethyl adjacent to an activating group) is 1. The molecule has 0 spiro atoms. The van der Waals surface area contributed by atoms with Crippen molar-refractivity contribution in [3.8, 4) is 6.07 Å². The van der Waals surface area contributed by atoms with Crippen LogP contribution in [0.4, 0.5) is 5.69 Å². The zero-order chi connectivity index (χ0) is 24.5. The number of aliphatic hydroxyl groups excluding tert-OH is 1. The van der Waals surface area contributed by atoms with Crippen LogP contribution in [0.5, 0.6) is 0 Å². The zero-order valence-corrected chi connectivity index (χ0v) is 20.0. The van der Waals surface area contributed by atoms with Crippen molar-refractivity contribution in [3.63, 3.8) is 0 Å². The first-order valence-electron chi connectivity index (χ1n) is 12.1. The number of rotatable bonds is 6. The molecule has 2 aromatic heterocycles. The largest absolute Gasteiger partial charge is 0.392 e. The van der Waals surface area contributed by atoms with Crippen LogP contribution >= 0.6 is 0 Å². The maximum atomic E-state index is 12.7. The fraction of sp³-hybridized carbons (Fsp3) is 0.407. The molecule has 2 fully saturated rings. The van der Waals surface area contributed by atoms with Gasteiger partial charge in [-0.15, -0.1) is 0 Å². The summed E-state index contributed by atoms with van der Waals surface area (Å²) < 4.78 is 1.52. The summed E-state index contributed by atoms with van der Waals surface area (Å²) >= 11 is 0. The second-order valence-corrected chi connectivity index (χ2v) is 9.51. The Morgan fingerprint density at radius 1 is 1.20 bits per heavy atom. The number of anilines is 1. The number of fused-ring (bicyclic) bond motifs is 1. The average Bonchev–Trinajstić information content (AvgIpc) is 3.71. The average molecular weight is 472 g/mol. The number of aliphatic hydroxyl groups is 1. The molecule has 3 atom stereocenters. The number of nitrogens with zero attached hydrogens (tertiary/aromatic N) is 5. The Labute approximate surface area is 204 Å². The molecule has 2 saturated carbocycles. The summed E-state index contributed by atoms with van der Waals surface area (Å²) in [6.45, 7) is 0. The van der Waals surface area contributed by atoms with Crippen LogP contribution in [0, 0.1) is 17.2 Å². The zero-order valence-electron chi connectivity index (χ0n) is 20.0. The Bertz CT molecular complexity index is 1360. The second-order valence-electron chi connectivity index (χ2n) is 9.51. The van der Waals surface area contributed by atoms with Gasteiger partial charge in [-0.05, 0) is 49.8 Å². The molecule has 8 nitrogen and oxygen atoms in total. The SMILES string of the molecule is CN(c1cc(=O)n(C)c2ccc(C#N)nc12)[C@@H]1CC[C@H](/C(=N/OC2CC2)c2ccccc2)CC1O. The van der Waals surface area contributed by atoms with E-state index in [1.165, 1.54) is 10.6 Å². The fourth-order valence-electron chi connectivity index (χ4n) is 4.93. The Hall–Kier alpha value is -3.70. The minimum absolute atomic E-state index is 0.0690. The lowest BCUT2D eigenvalue weighted by molar-refractivity contribution is 0.0900. The van der Waals surface area contributed by atoms with E-state index in [4.69, 9.17) is 4.84 Å². The number of hydrogen-bond donors (Lipinski definition) is 1. The third-order valence-electron chi connectivity index (χ3n) is 7.12. The van der Waals surface area contributed by atoms with Crippen molar-refractivity contribution >= 4 is 22.4 Å². The first-order valence-corrected chi connectivity index (χ1v) is 12.1. The van der Waals surface area contributed by atoms with Gasteiger partial charge in [0.15, 0.2) is 0 Å². The van der Waals surface area contributed by atoms with Crippen molar-refractivity contribution in [2.75, 3.05) is 11.9 Å². The molecule has 5 rings (SSSR count). The van der Waals surface area contributed by atoms with Crippen LogP contribution in [0.25, 0.3) is 11.0 Å². The molecule has 1 unspecified atom stereocenters. The van der Waals surface area contributed by atoms with Gasteiger partial charge in [0.25, 0.3) is 5.56 Å². The summed E-state index contributed by atoms with van der Waals surface area (Å²) in [4.78, 5) is 24.8. The van der Waals surface area contributed by atoms with Gasteiger partial charge in [-0.3, -0.25) is 4.79 Å². The van der Waals surface area contributed by atoms with Gasteiger partial charge in [0.2, 0.25) is 0 Å². The number of benzene rings is 1. The lowest BCUT2D eigenvalue weighted by Gasteiger charge is -2.40. The van der Waals surface area contributed by atoms with Crippen molar-refractivity contribution < 1.29 is 9.94 Å². The van der Waals surface area contributed by atoms with Gasteiger partial charge in [0.05, 0.1) is 29.1 Å². The van der Waals surface area contributed by atoms with E-state index in [9.17, 15) is 15.2 Å². The van der Waals surface area contributed by atoms with Crippen LogP contribution in [0.15, 0.2) is 58.5 Å². The Balaban J connectivity index is 1.42. The van der Waals surface area contributed by atoms with E-state index in [1.807, 2.05) is 42.3 Å². The summed E-state index contributed by atoms with van der Waals surface area (Å²) in [5.74, 6) is 0.0690. The third kappa shape index (κ3) is 4.64. The number of aryl methyl sites for hydroxylation is 1. The lowest BCUT2D eigenvalue weighted by atomic mass is 9.79. The summed E-state index contributed by atoms with van der Waals surface area (Å²) in [6, 6.07) is 16.8. The van der Waals surface area contributed by atoms with E-state index in [-0.39, 0.29) is 29.3 Å². The van der Waals surface area contributed by atoms with E-state index in [0.29, 0.717) is 29.6 Å². The number of hydrogen-bond acceptors (Lipinski definition) is 7. The summed E-state index contributed by atoms with van der Waals surface area (Å²) in [6.07, 6.45) is 3.74. The Morgan fingerprint density at radius 2 is 1.97 bits per heavy atom. The Kier molecular flexibility index (Phi) is 6.27. The molecule has 2 heterocycles. The molecule has 1 aromatic carbocycles. The van der Waals surface area contributed by atoms with E-state index in [2.05, 4.69) is 16.2 Å². The maximum Gasteiger partial charge on any atom is 0.252 e. The normalized spacial score (nSPS) is 22.6. The van der Waals surface area contributed by atoms with Crippen LogP contribution in [0.2, 0.25) is 0 Å². The monoisotopic (exact) mass is 471 g/mol. The number of pyridine rings is 2. The molecular weight excluding hydrogens is 442 g/mol. The predicted molar refractivity (Wildman–Crippen MR) is 134 cm³/mol. The highest BCUT2D eigenvalue weighted by Crippen LogP contribution is 2.34. The minimum atomic E-state index is -0.633. The van der Waals surface area contributed by atoms with Gasteiger partial charge in [-0.25, -0.2) is 4.98 Å². The van der Waals surface area contributed by atoms with Crippen molar-refractivity contribution in [1.82, 2.24) is 9.55 Å². The molecule has 35 heavy (non-hydrogen) atoms. The van der Waals surface area contributed by atoms with Crippen LogP contribution in [0.1, 0.15) is 43.4 Å². The molecule has 2 aliphatic rings. The third-order valence-corrected chi connectivity index (χ3v) is 7.12. The van der Waals surface area contributed by atoms with Crippen molar-refractivity contribution in [1.29, 1.82) is 5.26 Å². The van der Waals surface area contributed by atoms with E-state index < -0.39 is 6.10 Å². The van der Waals surface area contributed by atoms with Gasteiger partial charge in [-0.2, -0.15) is 5.26 Å². The second kappa shape index (κ2) is 9.51. The fourth-order valence-corrected chi connectivity index (χ4v) is 4.93. The quantitative estimate of drug-likeness (QED) is 0.437. The Morgan fingerprint density at radius 3 is 2.66 bits per heavy atom. The highest BCUT2D eigenvalue weighted by Gasteiger charge is 2.36. The van der Waals surface area contributed by atoms with Gasteiger partial charge in [0.1, 0.15) is 23.4 Å². The van der Waals surface area contributed by atoms with Crippen LogP contribution in [0.3, 0.4) is 0 Å². The maximum absolute atomic E-state index is 12.7. The molecule has 0 bridgehead atoms. The van der Waals surface area contributed by atoms with E-state index in [1.54, 1.807) is 19.2 Å². The molecule has 0 saturated heterocycles. The summed E-state index contributed by atoms with van der Waals surface area (Å²) in [7, 11) is 3.57. The molecule has 1 N–H and O–H groups in total. The molecule has 2 aliphatic carbocycles. The molecule has 0 aliphatic heterocycles. The van der Waals surface area contributed by atoms with Gasteiger partial charge < -0.3 is 19.4 Å². The number of oxime groups is 1. The molecule has 180 valence electrons.